The third kappa shape index (κ3) is 1.72. The number of nitrogens with zero attached hydrogens (tertiary/aromatic N) is 2. The van der Waals surface area contributed by atoms with Gasteiger partial charge < -0.3 is 0 Å². The molecule has 2 aromatic rings. The Balaban J connectivity index is 2.18. The summed E-state index contributed by atoms with van der Waals surface area (Å²) in [5.74, 6) is 0.163. The Labute approximate surface area is 114 Å². The molecular formula is C14H13BrN2O. The highest BCUT2D eigenvalue weighted by atomic mass is 79.9. The quantitative estimate of drug-likeness (QED) is 0.759. The average Bonchev–Trinajstić information content (AvgIpc) is 2.73. The molecule has 3 rings (SSSR count). The summed E-state index contributed by atoms with van der Waals surface area (Å²) in [5, 5.41) is 4.52. The van der Waals surface area contributed by atoms with Crippen LogP contribution in [0.2, 0.25) is 0 Å². The van der Waals surface area contributed by atoms with Crippen molar-refractivity contribution in [1.82, 2.24) is 9.78 Å². The number of halogens is 1. The summed E-state index contributed by atoms with van der Waals surface area (Å²) in [6.45, 7) is 1.90. The van der Waals surface area contributed by atoms with Gasteiger partial charge in [-0.2, -0.15) is 5.10 Å². The van der Waals surface area contributed by atoms with Crippen molar-refractivity contribution in [3.63, 3.8) is 0 Å². The van der Waals surface area contributed by atoms with Gasteiger partial charge >= 0.3 is 0 Å². The summed E-state index contributed by atoms with van der Waals surface area (Å²) >= 11 is 3.44. The summed E-state index contributed by atoms with van der Waals surface area (Å²) in [4.78, 5) is 12.1. The number of rotatable bonds is 1. The number of Topliss-reactive ketones (excluding diaryl/α,β-unsaturated/α-hetero) is 1. The van der Waals surface area contributed by atoms with Crippen LogP contribution in [0.1, 0.15) is 28.2 Å². The minimum absolute atomic E-state index is 0.0582. The Morgan fingerprint density at radius 1 is 1.33 bits per heavy atom. The molecule has 0 amide bonds. The van der Waals surface area contributed by atoms with Crippen LogP contribution in [-0.2, 0) is 6.42 Å². The normalized spacial score (nSPS) is 18.8. The maximum absolute atomic E-state index is 12.2. The number of hydrogen-bond donors (Lipinski definition) is 0. The number of carbonyl (C=O) groups excluding carboxylic acids is 1. The average molecular weight is 305 g/mol. The van der Waals surface area contributed by atoms with Crippen LogP contribution in [0.15, 0.2) is 30.3 Å². The van der Waals surface area contributed by atoms with Crippen molar-refractivity contribution < 1.29 is 4.79 Å². The predicted octanol–water partition coefficient (Wildman–Crippen LogP) is 3.07. The predicted molar refractivity (Wildman–Crippen MR) is 73.7 cm³/mol. The fourth-order valence-corrected chi connectivity index (χ4v) is 2.92. The van der Waals surface area contributed by atoms with Crippen molar-refractivity contribution in [2.45, 2.75) is 24.6 Å². The van der Waals surface area contributed by atoms with Gasteiger partial charge in [0.25, 0.3) is 0 Å². The Morgan fingerprint density at radius 3 is 2.78 bits per heavy atom. The van der Waals surface area contributed by atoms with Gasteiger partial charge in [0.2, 0.25) is 0 Å². The molecule has 1 aromatic carbocycles. The lowest BCUT2D eigenvalue weighted by molar-refractivity contribution is 0.0980. The number of ketones is 1. The summed E-state index contributed by atoms with van der Waals surface area (Å²) in [5.41, 5.74) is 3.68. The number of alkyl halides is 1. The minimum Gasteiger partial charge on any atom is -0.293 e. The van der Waals surface area contributed by atoms with Crippen molar-refractivity contribution in [3.05, 3.63) is 47.3 Å². The molecule has 0 fully saturated rings. The molecule has 0 bridgehead atoms. The molecule has 1 aliphatic rings. The van der Waals surface area contributed by atoms with E-state index in [0.717, 1.165) is 35.5 Å². The van der Waals surface area contributed by atoms with Gasteiger partial charge in [0.1, 0.15) is 0 Å². The highest BCUT2D eigenvalue weighted by Gasteiger charge is 2.31. The third-order valence-corrected chi connectivity index (χ3v) is 4.20. The molecule has 0 radical (unpaired) electrons. The molecule has 0 spiro atoms. The van der Waals surface area contributed by atoms with Gasteiger partial charge in [0.05, 0.1) is 27.5 Å². The van der Waals surface area contributed by atoms with Gasteiger partial charge in [-0.25, -0.2) is 4.68 Å². The molecule has 0 aliphatic heterocycles. The largest absolute Gasteiger partial charge is 0.293 e. The standard InChI is InChI=1S/C14H13BrN2O/c1-9-13-12(8-7-11(15)14(13)18)17(16-9)10-5-3-2-4-6-10/h2-6,11H,7-8H2,1H3/t11-/m1/s1. The molecule has 92 valence electrons. The molecular weight excluding hydrogens is 292 g/mol. The van der Waals surface area contributed by atoms with Gasteiger partial charge in [-0.15, -0.1) is 0 Å². The van der Waals surface area contributed by atoms with Crippen molar-refractivity contribution in [3.8, 4) is 5.69 Å². The summed E-state index contributed by atoms with van der Waals surface area (Å²) in [6.07, 6.45) is 1.72. The molecule has 0 saturated carbocycles. The second kappa shape index (κ2) is 4.35. The Hall–Kier alpha value is -1.42. The van der Waals surface area contributed by atoms with Crippen molar-refractivity contribution in [2.75, 3.05) is 0 Å². The lowest BCUT2D eigenvalue weighted by Crippen LogP contribution is -2.23. The van der Waals surface area contributed by atoms with E-state index in [9.17, 15) is 4.79 Å². The monoisotopic (exact) mass is 304 g/mol. The van der Waals surface area contributed by atoms with Crippen molar-refractivity contribution in [1.29, 1.82) is 0 Å². The highest BCUT2D eigenvalue weighted by molar-refractivity contribution is 9.10. The number of aryl methyl sites for hydroxylation is 1. The van der Waals surface area contributed by atoms with Gasteiger partial charge in [0, 0.05) is 0 Å². The molecule has 3 nitrogen and oxygen atoms in total. The Morgan fingerprint density at radius 2 is 2.06 bits per heavy atom. The van der Waals surface area contributed by atoms with Crippen LogP contribution in [0.5, 0.6) is 0 Å². The fraction of sp³-hybridized carbons (Fsp3) is 0.286. The van der Waals surface area contributed by atoms with Gasteiger partial charge in [-0.1, -0.05) is 34.1 Å². The zero-order chi connectivity index (χ0) is 12.7. The van der Waals surface area contributed by atoms with Crippen molar-refractivity contribution >= 4 is 21.7 Å². The van der Waals surface area contributed by atoms with Crippen molar-refractivity contribution in [2.24, 2.45) is 0 Å². The zero-order valence-corrected chi connectivity index (χ0v) is 11.6. The van der Waals surface area contributed by atoms with Crippen LogP contribution < -0.4 is 0 Å². The van der Waals surface area contributed by atoms with Crippen LogP contribution in [0.3, 0.4) is 0 Å². The fourth-order valence-electron chi connectivity index (χ4n) is 2.46. The van der Waals surface area contributed by atoms with E-state index < -0.39 is 0 Å². The lowest BCUT2D eigenvalue weighted by Gasteiger charge is -2.17. The molecule has 0 unspecified atom stereocenters. The van der Waals surface area contributed by atoms with E-state index in [1.54, 1.807) is 0 Å². The number of hydrogen-bond acceptors (Lipinski definition) is 2. The Bertz CT molecular complexity index is 604. The van der Waals surface area contributed by atoms with Crippen LogP contribution >= 0.6 is 15.9 Å². The van der Waals surface area contributed by atoms with E-state index >= 15 is 0 Å². The van der Waals surface area contributed by atoms with Crippen LogP contribution in [-0.4, -0.2) is 20.4 Å². The zero-order valence-electron chi connectivity index (χ0n) is 10.1. The summed E-state index contributed by atoms with van der Waals surface area (Å²) in [7, 11) is 0. The molecule has 1 atom stereocenters. The number of carbonyl (C=O) groups is 1. The molecule has 1 heterocycles. The van der Waals surface area contributed by atoms with Crippen LogP contribution in [0.25, 0.3) is 5.69 Å². The van der Waals surface area contributed by atoms with Crippen LogP contribution in [0, 0.1) is 6.92 Å². The van der Waals surface area contributed by atoms with Gasteiger partial charge in [0.15, 0.2) is 5.78 Å². The van der Waals surface area contributed by atoms with E-state index in [-0.39, 0.29) is 10.6 Å². The van der Waals surface area contributed by atoms with E-state index in [4.69, 9.17) is 0 Å². The van der Waals surface area contributed by atoms with Gasteiger partial charge in [-0.05, 0) is 31.9 Å². The minimum atomic E-state index is -0.0582. The second-order valence-corrected chi connectivity index (χ2v) is 5.63. The first-order valence-corrected chi connectivity index (χ1v) is 6.92. The summed E-state index contributed by atoms with van der Waals surface area (Å²) < 4.78 is 1.90. The molecule has 1 aromatic heterocycles. The van der Waals surface area contributed by atoms with Gasteiger partial charge in [-0.3, -0.25) is 4.79 Å². The van der Waals surface area contributed by atoms with E-state index in [0.29, 0.717) is 0 Å². The topological polar surface area (TPSA) is 34.9 Å². The smallest absolute Gasteiger partial charge is 0.180 e. The number of para-hydroxylation sites is 1. The van der Waals surface area contributed by atoms with Crippen LogP contribution in [0.4, 0.5) is 0 Å². The molecule has 4 heteroatoms. The second-order valence-electron chi connectivity index (χ2n) is 4.52. The Kier molecular flexibility index (Phi) is 2.82. The van der Waals surface area contributed by atoms with E-state index in [1.807, 2.05) is 41.9 Å². The lowest BCUT2D eigenvalue weighted by atomic mass is 9.94. The summed E-state index contributed by atoms with van der Waals surface area (Å²) in [6, 6.07) is 9.97. The highest BCUT2D eigenvalue weighted by Crippen LogP contribution is 2.29. The first-order chi connectivity index (χ1) is 8.68. The molecule has 18 heavy (non-hydrogen) atoms. The SMILES string of the molecule is Cc1nn(-c2ccccc2)c2c1C(=O)[C@H](Br)CC2. The first kappa shape index (κ1) is 11.7. The number of benzene rings is 1. The number of aromatic nitrogens is 2. The first-order valence-electron chi connectivity index (χ1n) is 6.00. The molecule has 0 saturated heterocycles. The van der Waals surface area contributed by atoms with E-state index in [1.165, 1.54) is 0 Å². The maximum Gasteiger partial charge on any atom is 0.180 e. The third-order valence-electron chi connectivity index (χ3n) is 3.32. The van der Waals surface area contributed by atoms with E-state index in [2.05, 4.69) is 21.0 Å². The number of fused-ring (bicyclic) bond motifs is 1. The molecule has 0 N–H and O–H groups in total. The molecule has 1 aliphatic carbocycles. The maximum atomic E-state index is 12.2.